The Morgan fingerprint density at radius 3 is 2.86 bits per heavy atom. The van der Waals surface area contributed by atoms with Crippen molar-refractivity contribution in [3.63, 3.8) is 0 Å². The van der Waals surface area contributed by atoms with E-state index in [0.29, 0.717) is 11.6 Å². The van der Waals surface area contributed by atoms with Gasteiger partial charge in [0.05, 0.1) is 17.5 Å². The number of aliphatic hydroxyl groups is 1. The number of hydrogen-bond acceptors (Lipinski definition) is 3. The number of hydrogen-bond donors (Lipinski definition) is 2. The van der Waals surface area contributed by atoms with Crippen molar-refractivity contribution < 1.29 is 5.11 Å². The first kappa shape index (κ1) is 15.5. The fourth-order valence-electron chi connectivity index (χ4n) is 2.93. The average Bonchev–Trinajstić information content (AvgIpc) is 2.84. The van der Waals surface area contributed by atoms with Crippen LogP contribution in [0, 0.1) is 6.92 Å². The molecule has 1 saturated carbocycles. The molecular weight excluding hydrogens is 298 g/mol. The topological polar surface area (TPSA) is 50.1 Å². The molecule has 0 aliphatic heterocycles. The Morgan fingerprint density at radius 1 is 1.45 bits per heavy atom. The highest BCUT2D eigenvalue weighted by molar-refractivity contribution is 6.30. The lowest BCUT2D eigenvalue weighted by Crippen LogP contribution is -2.46. The Morgan fingerprint density at radius 2 is 2.23 bits per heavy atom. The van der Waals surface area contributed by atoms with E-state index >= 15 is 0 Å². The van der Waals surface area contributed by atoms with Gasteiger partial charge in [0.25, 0.3) is 0 Å². The Hall–Kier alpha value is -1.36. The van der Waals surface area contributed by atoms with Crippen LogP contribution in [0.2, 0.25) is 5.02 Å². The molecular formula is C17H22ClN3O. The van der Waals surface area contributed by atoms with Crippen LogP contribution in [0.3, 0.4) is 0 Å². The van der Waals surface area contributed by atoms with Crippen LogP contribution < -0.4 is 5.32 Å². The summed E-state index contributed by atoms with van der Waals surface area (Å²) in [5.74, 6) is 0. The molecule has 1 aromatic carbocycles. The van der Waals surface area contributed by atoms with Crippen LogP contribution in [0.25, 0.3) is 5.69 Å². The van der Waals surface area contributed by atoms with Crippen LogP contribution in [-0.4, -0.2) is 27.0 Å². The first-order chi connectivity index (χ1) is 10.5. The molecule has 1 atom stereocenters. The van der Waals surface area contributed by atoms with E-state index in [4.69, 9.17) is 11.6 Å². The summed E-state index contributed by atoms with van der Waals surface area (Å²) in [6.07, 6.45) is 4.80. The van der Waals surface area contributed by atoms with Gasteiger partial charge in [0.2, 0.25) is 0 Å². The predicted octanol–water partition coefficient (Wildman–Crippen LogP) is 3.40. The Kier molecular flexibility index (Phi) is 4.26. The molecule has 118 valence electrons. The van der Waals surface area contributed by atoms with E-state index in [9.17, 15) is 5.11 Å². The van der Waals surface area contributed by atoms with Gasteiger partial charge in [-0.25, -0.2) is 4.68 Å². The van der Waals surface area contributed by atoms with Crippen molar-refractivity contribution in [3.8, 4) is 5.69 Å². The van der Waals surface area contributed by atoms with Gasteiger partial charge in [-0.15, -0.1) is 0 Å². The molecule has 2 N–H and O–H groups in total. The third kappa shape index (κ3) is 3.05. The SMILES string of the molecule is Cc1c(C(C)NCC2(O)CCC2)cnn1-c1cccc(Cl)c1. The van der Waals surface area contributed by atoms with E-state index in [0.717, 1.165) is 36.2 Å². The molecule has 0 spiro atoms. The molecule has 1 aliphatic rings. The molecule has 0 amide bonds. The molecule has 0 saturated heterocycles. The number of rotatable bonds is 5. The number of benzene rings is 1. The minimum atomic E-state index is -0.509. The summed E-state index contributed by atoms with van der Waals surface area (Å²) in [5.41, 5.74) is 2.68. The van der Waals surface area contributed by atoms with E-state index < -0.39 is 5.60 Å². The Balaban J connectivity index is 1.75. The molecule has 0 bridgehead atoms. The highest BCUT2D eigenvalue weighted by Crippen LogP contribution is 2.31. The third-order valence-corrected chi connectivity index (χ3v) is 4.82. The largest absolute Gasteiger partial charge is 0.389 e. The second-order valence-electron chi connectivity index (χ2n) is 6.26. The lowest BCUT2D eigenvalue weighted by molar-refractivity contribution is -0.0329. The van der Waals surface area contributed by atoms with Crippen molar-refractivity contribution in [3.05, 3.63) is 46.7 Å². The quantitative estimate of drug-likeness (QED) is 0.888. The van der Waals surface area contributed by atoms with Gasteiger partial charge >= 0.3 is 0 Å². The van der Waals surface area contributed by atoms with E-state index in [1.807, 2.05) is 35.1 Å². The summed E-state index contributed by atoms with van der Waals surface area (Å²) >= 11 is 6.06. The predicted molar refractivity (Wildman–Crippen MR) is 88.5 cm³/mol. The van der Waals surface area contributed by atoms with Crippen LogP contribution in [0.1, 0.15) is 43.5 Å². The summed E-state index contributed by atoms with van der Waals surface area (Å²) in [5, 5.41) is 18.8. The van der Waals surface area contributed by atoms with Gasteiger partial charge in [0.15, 0.2) is 0 Å². The summed E-state index contributed by atoms with van der Waals surface area (Å²) < 4.78 is 1.90. The number of halogens is 1. The van der Waals surface area contributed by atoms with Crippen LogP contribution in [0.5, 0.6) is 0 Å². The number of nitrogens with one attached hydrogen (secondary N) is 1. The van der Waals surface area contributed by atoms with Crippen molar-refractivity contribution >= 4 is 11.6 Å². The third-order valence-electron chi connectivity index (χ3n) is 4.59. The second kappa shape index (κ2) is 6.03. The minimum Gasteiger partial charge on any atom is -0.389 e. The second-order valence-corrected chi connectivity index (χ2v) is 6.69. The van der Waals surface area contributed by atoms with E-state index in [1.54, 1.807) is 0 Å². The molecule has 0 radical (unpaired) electrons. The molecule has 1 aliphatic carbocycles. The van der Waals surface area contributed by atoms with Crippen molar-refractivity contribution in [2.45, 2.75) is 44.8 Å². The first-order valence-corrected chi connectivity index (χ1v) is 8.12. The van der Waals surface area contributed by atoms with Crippen molar-refractivity contribution in [1.82, 2.24) is 15.1 Å². The monoisotopic (exact) mass is 319 g/mol. The van der Waals surface area contributed by atoms with Gasteiger partial charge in [-0.05, 0) is 51.3 Å². The lowest BCUT2D eigenvalue weighted by Gasteiger charge is -2.37. The normalized spacial score (nSPS) is 18.0. The Bertz CT molecular complexity index is 664. The fourth-order valence-corrected chi connectivity index (χ4v) is 3.11. The molecule has 1 aromatic heterocycles. The first-order valence-electron chi connectivity index (χ1n) is 7.75. The molecule has 5 heteroatoms. The minimum absolute atomic E-state index is 0.151. The molecule has 1 heterocycles. The van der Waals surface area contributed by atoms with Gasteiger partial charge in [0.1, 0.15) is 0 Å². The summed E-state index contributed by atoms with van der Waals surface area (Å²) in [7, 11) is 0. The van der Waals surface area contributed by atoms with Crippen LogP contribution in [-0.2, 0) is 0 Å². The maximum atomic E-state index is 10.2. The highest BCUT2D eigenvalue weighted by Gasteiger charge is 2.34. The zero-order chi connectivity index (χ0) is 15.7. The van der Waals surface area contributed by atoms with Crippen LogP contribution in [0.15, 0.2) is 30.5 Å². The van der Waals surface area contributed by atoms with Crippen LogP contribution in [0.4, 0.5) is 0 Å². The lowest BCUT2D eigenvalue weighted by atomic mass is 9.80. The molecule has 4 nitrogen and oxygen atoms in total. The molecule has 1 unspecified atom stereocenters. The fraction of sp³-hybridized carbons (Fsp3) is 0.471. The number of aromatic nitrogens is 2. The maximum Gasteiger partial charge on any atom is 0.0771 e. The molecule has 22 heavy (non-hydrogen) atoms. The molecule has 1 fully saturated rings. The average molecular weight is 320 g/mol. The van der Waals surface area contributed by atoms with E-state index in [1.165, 1.54) is 0 Å². The summed E-state index contributed by atoms with van der Waals surface area (Å²) in [6.45, 7) is 4.80. The van der Waals surface area contributed by atoms with Crippen molar-refractivity contribution in [2.24, 2.45) is 0 Å². The van der Waals surface area contributed by atoms with E-state index in [2.05, 4.69) is 24.3 Å². The Labute approximate surface area is 136 Å². The van der Waals surface area contributed by atoms with Crippen molar-refractivity contribution in [2.75, 3.05) is 6.54 Å². The van der Waals surface area contributed by atoms with Crippen LogP contribution >= 0.6 is 11.6 Å². The summed E-state index contributed by atoms with van der Waals surface area (Å²) in [6, 6.07) is 7.82. The zero-order valence-corrected chi connectivity index (χ0v) is 13.8. The van der Waals surface area contributed by atoms with Gasteiger partial charge in [-0.1, -0.05) is 17.7 Å². The van der Waals surface area contributed by atoms with Crippen molar-refractivity contribution in [1.29, 1.82) is 0 Å². The standard InChI is InChI=1S/C17H22ClN3O/c1-12(19-11-17(22)7-4-8-17)16-10-20-21(13(16)2)15-6-3-5-14(18)9-15/h3,5-6,9-10,12,19,22H,4,7-8,11H2,1-2H3. The van der Waals surface area contributed by atoms with E-state index in [-0.39, 0.29) is 6.04 Å². The highest BCUT2D eigenvalue weighted by atomic mass is 35.5. The zero-order valence-electron chi connectivity index (χ0n) is 13.0. The molecule has 2 aromatic rings. The van der Waals surface area contributed by atoms with Gasteiger partial charge in [-0.2, -0.15) is 5.10 Å². The maximum absolute atomic E-state index is 10.2. The number of nitrogens with zero attached hydrogens (tertiary/aromatic N) is 2. The van der Waals surface area contributed by atoms with Gasteiger partial charge < -0.3 is 10.4 Å². The van der Waals surface area contributed by atoms with Gasteiger partial charge in [0, 0.05) is 28.9 Å². The smallest absolute Gasteiger partial charge is 0.0771 e. The summed E-state index contributed by atoms with van der Waals surface area (Å²) in [4.78, 5) is 0. The molecule has 3 rings (SSSR count). The van der Waals surface area contributed by atoms with Gasteiger partial charge in [-0.3, -0.25) is 0 Å².